The van der Waals surface area contributed by atoms with Crippen molar-refractivity contribution in [1.29, 1.82) is 0 Å². The van der Waals surface area contributed by atoms with Crippen LogP contribution < -0.4 is 9.80 Å². The predicted molar refractivity (Wildman–Crippen MR) is 66.7 cm³/mol. The van der Waals surface area contributed by atoms with Crippen molar-refractivity contribution in [2.24, 2.45) is 0 Å². The highest BCUT2D eigenvalue weighted by molar-refractivity contribution is 7.79. The van der Waals surface area contributed by atoms with Gasteiger partial charge in [0.05, 0.1) is 26.2 Å². The Balaban J connectivity index is -0.000000273. The zero-order valence-electron chi connectivity index (χ0n) is 13.1. The van der Waals surface area contributed by atoms with Gasteiger partial charge in [0.1, 0.15) is 0 Å². The minimum atomic E-state index is -5.17. The quantitative estimate of drug-likeness (QED) is 0.299. The molecule has 0 aromatic heterocycles. The van der Waals surface area contributed by atoms with Gasteiger partial charge in [-0.05, 0) is 27.7 Å². The van der Waals surface area contributed by atoms with Crippen molar-refractivity contribution in [3.8, 4) is 0 Å². The van der Waals surface area contributed by atoms with Crippen LogP contribution in [-0.2, 0) is 10.4 Å². The topological polar surface area (TPSA) is 89.1 Å². The minimum Gasteiger partial charge on any atom is -0.759 e. The van der Waals surface area contributed by atoms with Crippen molar-refractivity contribution in [1.82, 2.24) is 0 Å². The van der Waals surface area contributed by atoms with E-state index >= 15 is 0 Å². The second kappa shape index (κ2) is 11.8. The molecule has 0 amide bonds. The van der Waals surface area contributed by atoms with E-state index in [1.165, 1.54) is 27.7 Å². The molecule has 0 radical (unpaired) electrons. The molecule has 0 fully saturated rings. The highest BCUT2D eigenvalue weighted by atomic mass is 32.3. The first kappa shape index (κ1) is 27.2. The molecular formula is C10H22F6N2O4S. The van der Waals surface area contributed by atoms with E-state index in [0.29, 0.717) is 0 Å². The van der Waals surface area contributed by atoms with Gasteiger partial charge in [-0.25, -0.2) is 9.80 Å². The second-order valence-corrected chi connectivity index (χ2v) is 4.84. The van der Waals surface area contributed by atoms with Crippen LogP contribution in [0, 0.1) is 0 Å². The Hall–Kier alpha value is -0.630. The lowest BCUT2D eigenvalue weighted by atomic mass is 10.5. The van der Waals surface area contributed by atoms with Crippen LogP contribution in [0.5, 0.6) is 0 Å². The average Bonchev–Trinajstić information content (AvgIpc) is 2.26. The van der Waals surface area contributed by atoms with Crippen molar-refractivity contribution < 1.29 is 53.7 Å². The van der Waals surface area contributed by atoms with Gasteiger partial charge in [-0.1, -0.05) is 0 Å². The zero-order valence-corrected chi connectivity index (χ0v) is 14.0. The molecule has 0 aromatic carbocycles. The van der Waals surface area contributed by atoms with Gasteiger partial charge in [-0.3, -0.25) is 8.42 Å². The third-order valence-electron chi connectivity index (χ3n) is 2.51. The molecule has 0 atom stereocenters. The van der Waals surface area contributed by atoms with E-state index in [1.807, 2.05) is 0 Å². The summed E-state index contributed by atoms with van der Waals surface area (Å²) in [6.45, 7) is 6.53. The number of hydrogen-bond donors (Lipinski definition) is 2. The number of nitrogens with one attached hydrogen (secondary N) is 2. The maximum atomic E-state index is 11.7. The van der Waals surface area contributed by atoms with Crippen LogP contribution in [0.2, 0.25) is 0 Å². The molecule has 6 nitrogen and oxygen atoms in total. The van der Waals surface area contributed by atoms with Gasteiger partial charge < -0.3 is 9.11 Å². The number of hydrogen-bond acceptors (Lipinski definition) is 4. The average molecular weight is 380 g/mol. The smallest absolute Gasteiger partial charge is 0.559 e. The number of halogens is 6. The lowest BCUT2D eigenvalue weighted by Gasteiger charge is -2.16. The molecule has 23 heavy (non-hydrogen) atoms. The summed E-state index contributed by atoms with van der Waals surface area (Å²) in [5.74, 6) is 0. The lowest BCUT2D eigenvalue weighted by Crippen LogP contribution is -3.17. The predicted octanol–water partition coefficient (Wildman–Crippen LogP) is -0.476. The van der Waals surface area contributed by atoms with Gasteiger partial charge in [0.15, 0.2) is 0 Å². The third-order valence-corrected chi connectivity index (χ3v) is 2.51. The van der Waals surface area contributed by atoms with Crippen molar-refractivity contribution in [3.63, 3.8) is 0 Å². The van der Waals surface area contributed by atoms with Gasteiger partial charge in [0, 0.05) is 10.4 Å². The van der Waals surface area contributed by atoms with E-state index in [1.54, 1.807) is 0 Å². The first-order valence-corrected chi connectivity index (χ1v) is 7.88. The molecular weight excluding hydrogens is 358 g/mol. The van der Waals surface area contributed by atoms with Crippen LogP contribution in [0.3, 0.4) is 0 Å². The normalized spacial score (nSPS) is 12.4. The van der Waals surface area contributed by atoms with Crippen LogP contribution in [0.25, 0.3) is 0 Å². The Morgan fingerprint density at radius 2 is 0.826 bits per heavy atom. The molecule has 2 N–H and O–H groups in total. The fraction of sp³-hybridized carbons (Fsp3) is 1.00. The summed E-state index contributed by atoms with van der Waals surface area (Å²) in [5.41, 5.74) is 0. The summed E-state index contributed by atoms with van der Waals surface area (Å²) >= 11 is 0. The molecule has 0 unspecified atom stereocenters. The molecule has 144 valence electrons. The third kappa shape index (κ3) is 21.4. The Morgan fingerprint density at radius 3 is 0.826 bits per heavy atom. The standard InChI is InChI=1S/2C5H10F3N.H2O4S/c2*1-3-9(4-2)5(6,7)8;1-5(2,3)4/h2*3-4H2,1-2H3;(H2,1,2,3,4). The summed E-state index contributed by atoms with van der Waals surface area (Å²) in [5, 5.41) is 0. The molecule has 0 aliphatic heterocycles. The molecule has 0 aliphatic carbocycles. The van der Waals surface area contributed by atoms with E-state index in [-0.39, 0.29) is 36.0 Å². The molecule has 0 spiro atoms. The summed E-state index contributed by atoms with van der Waals surface area (Å²) in [4.78, 5) is -0.662. The second-order valence-electron chi connectivity index (χ2n) is 4.03. The Bertz CT molecular complexity index is 348. The number of rotatable bonds is 4. The Kier molecular flexibility index (Phi) is 14.0. The molecule has 0 aliphatic rings. The highest BCUT2D eigenvalue weighted by Gasteiger charge is 2.40. The first-order chi connectivity index (χ1) is 10.0. The molecule has 0 bridgehead atoms. The van der Waals surface area contributed by atoms with Gasteiger partial charge in [-0.15, -0.1) is 26.3 Å². The summed E-state index contributed by atoms with van der Waals surface area (Å²) in [6.07, 6.45) is -8.13. The van der Waals surface area contributed by atoms with Crippen LogP contribution in [0.4, 0.5) is 26.3 Å². The molecule has 0 saturated carbocycles. The van der Waals surface area contributed by atoms with E-state index in [4.69, 9.17) is 17.5 Å². The van der Waals surface area contributed by atoms with E-state index < -0.39 is 23.0 Å². The van der Waals surface area contributed by atoms with Crippen molar-refractivity contribution in [2.45, 2.75) is 40.3 Å². The van der Waals surface area contributed by atoms with Crippen molar-refractivity contribution >= 4 is 10.4 Å². The van der Waals surface area contributed by atoms with E-state index in [9.17, 15) is 26.3 Å². The summed E-state index contributed by atoms with van der Waals surface area (Å²) in [6, 6.07) is 0. The van der Waals surface area contributed by atoms with E-state index in [2.05, 4.69) is 0 Å². The van der Waals surface area contributed by atoms with Gasteiger partial charge in [-0.2, -0.15) is 0 Å². The fourth-order valence-electron chi connectivity index (χ4n) is 1.30. The van der Waals surface area contributed by atoms with Gasteiger partial charge >= 0.3 is 12.6 Å². The maximum Gasteiger partial charge on any atom is 0.559 e. The minimum absolute atomic E-state index is 0.111. The highest BCUT2D eigenvalue weighted by Crippen LogP contribution is 2.03. The Morgan fingerprint density at radius 1 is 0.696 bits per heavy atom. The molecule has 0 aromatic rings. The SMILES string of the molecule is CC[NH+](CC)C(F)(F)F.CC[NH+](CC)C(F)(F)F.O=S(=O)([O-])[O-]. The molecule has 13 heteroatoms. The van der Waals surface area contributed by atoms with Crippen LogP contribution in [-0.4, -0.2) is 56.3 Å². The maximum absolute atomic E-state index is 11.7. The van der Waals surface area contributed by atoms with Gasteiger partial charge in [0.25, 0.3) is 0 Å². The fourth-order valence-corrected chi connectivity index (χ4v) is 1.30. The summed E-state index contributed by atoms with van der Waals surface area (Å²) < 4.78 is 104. The number of alkyl halides is 6. The summed E-state index contributed by atoms with van der Waals surface area (Å²) in [7, 11) is -5.17. The Labute approximate surface area is 131 Å². The van der Waals surface area contributed by atoms with Crippen molar-refractivity contribution in [3.05, 3.63) is 0 Å². The van der Waals surface area contributed by atoms with E-state index in [0.717, 1.165) is 0 Å². The zero-order chi connectivity index (χ0) is 19.5. The first-order valence-electron chi connectivity index (χ1n) is 6.54. The van der Waals surface area contributed by atoms with Crippen LogP contribution in [0.15, 0.2) is 0 Å². The lowest BCUT2D eigenvalue weighted by molar-refractivity contribution is -1.01. The number of quaternary nitrogens is 2. The van der Waals surface area contributed by atoms with Crippen molar-refractivity contribution in [2.75, 3.05) is 26.2 Å². The molecule has 0 rings (SSSR count). The monoisotopic (exact) mass is 380 g/mol. The molecule has 0 heterocycles. The van der Waals surface area contributed by atoms with Gasteiger partial charge in [0.2, 0.25) is 0 Å². The van der Waals surface area contributed by atoms with Crippen LogP contribution >= 0.6 is 0 Å². The molecule has 0 saturated heterocycles. The van der Waals surface area contributed by atoms with Crippen LogP contribution in [0.1, 0.15) is 27.7 Å². The largest absolute Gasteiger partial charge is 0.759 e.